The van der Waals surface area contributed by atoms with Crippen LogP contribution in [0, 0.1) is 6.92 Å². The Morgan fingerprint density at radius 3 is 2.55 bits per heavy atom. The molecular formula is C21H27N3O4S. The van der Waals surface area contributed by atoms with Gasteiger partial charge in [-0.3, -0.25) is 0 Å². The highest BCUT2D eigenvalue weighted by atomic mass is 32.2. The van der Waals surface area contributed by atoms with Crippen LogP contribution in [0.1, 0.15) is 38.1 Å². The summed E-state index contributed by atoms with van der Waals surface area (Å²) in [6.45, 7) is 8.00. The molecule has 3 aromatic heterocycles. The molecular weight excluding hydrogens is 390 g/mol. The summed E-state index contributed by atoms with van der Waals surface area (Å²) in [6, 6.07) is 5.12. The number of aliphatic hydroxyl groups is 1. The van der Waals surface area contributed by atoms with Gasteiger partial charge in [-0.1, -0.05) is 6.92 Å². The summed E-state index contributed by atoms with van der Waals surface area (Å²) in [5, 5.41) is 9.58. The lowest BCUT2D eigenvalue weighted by molar-refractivity contribution is 0.241. The van der Waals surface area contributed by atoms with Crippen molar-refractivity contribution in [2.24, 2.45) is 0 Å². The molecule has 0 unspecified atom stereocenters. The van der Waals surface area contributed by atoms with Gasteiger partial charge < -0.3 is 14.4 Å². The number of aliphatic hydroxyl groups excluding tert-OH is 1. The van der Waals surface area contributed by atoms with Crippen molar-refractivity contribution in [3.63, 3.8) is 0 Å². The highest BCUT2D eigenvalue weighted by Gasteiger charge is 2.24. The van der Waals surface area contributed by atoms with Gasteiger partial charge in [0.05, 0.1) is 46.4 Å². The fraction of sp³-hybridized carbons (Fsp3) is 0.429. The maximum absolute atomic E-state index is 12.7. The Balaban J connectivity index is 2.38. The average Bonchev–Trinajstić information content (AvgIpc) is 3.02. The van der Waals surface area contributed by atoms with Crippen LogP contribution in [-0.2, 0) is 16.3 Å². The lowest BCUT2D eigenvalue weighted by Crippen LogP contribution is -2.09. The first kappa shape index (κ1) is 21.3. The van der Waals surface area contributed by atoms with Gasteiger partial charge in [-0.25, -0.2) is 18.4 Å². The van der Waals surface area contributed by atoms with Crippen LogP contribution in [0.5, 0.6) is 5.88 Å². The molecule has 1 atom stereocenters. The molecule has 3 heterocycles. The fourth-order valence-electron chi connectivity index (χ4n) is 3.34. The van der Waals surface area contributed by atoms with Gasteiger partial charge in [0.1, 0.15) is 0 Å². The summed E-state index contributed by atoms with van der Waals surface area (Å²) in [4.78, 5) is 9.39. The zero-order valence-corrected chi connectivity index (χ0v) is 18.2. The second kappa shape index (κ2) is 8.12. The van der Waals surface area contributed by atoms with Crippen LogP contribution in [0.2, 0.25) is 0 Å². The SMILES string of the molecule is CCOc1nc(CC)ccc1-c1nc2c(C)cn([C@H](C)CO)c2cc1S(C)(=O)=O. The summed E-state index contributed by atoms with van der Waals surface area (Å²) < 4.78 is 32.9. The van der Waals surface area contributed by atoms with Gasteiger partial charge in [-0.2, -0.15) is 0 Å². The smallest absolute Gasteiger partial charge is 0.223 e. The van der Waals surface area contributed by atoms with E-state index in [1.54, 1.807) is 6.07 Å². The molecule has 0 saturated carbocycles. The lowest BCUT2D eigenvalue weighted by Gasteiger charge is -2.15. The summed E-state index contributed by atoms with van der Waals surface area (Å²) >= 11 is 0. The van der Waals surface area contributed by atoms with E-state index in [-0.39, 0.29) is 17.5 Å². The Labute approximate surface area is 171 Å². The van der Waals surface area contributed by atoms with Crippen molar-refractivity contribution in [3.05, 3.63) is 35.7 Å². The third kappa shape index (κ3) is 4.00. The second-order valence-electron chi connectivity index (χ2n) is 7.17. The summed E-state index contributed by atoms with van der Waals surface area (Å²) in [7, 11) is -3.58. The Morgan fingerprint density at radius 2 is 1.97 bits per heavy atom. The van der Waals surface area contributed by atoms with Crippen LogP contribution < -0.4 is 4.74 Å². The number of nitrogens with zero attached hydrogens (tertiary/aromatic N) is 3. The minimum Gasteiger partial charge on any atom is -0.477 e. The van der Waals surface area contributed by atoms with E-state index < -0.39 is 9.84 Å². The molecule has 0 saturated heterocycles. The average molecular weight is 418 g/mol. The van der Waals surface area contributed by atoms with Crippen LogP contribution in [0.15, 0.2) is 29.3 Å². The molecule has 0 bridgehead atoms. The highest BCUT2D eigenvalue weighted by Crippen LogP contribution is 2.36. The van der Waals surface area contributed by atoms with Crippen LogP contribution in [0.3, 0.4) is 0 Å². The maximum atomic E-state index is 12.7. The number of aromatic nitrogens is 3. The third-order valence-corrected chi connectivity index (χ3v) is 6.02. The number of hydrogen-bond acceptors (Lipinski definition) is 6. The van der Waals surface area contributed by atoms with E-state index >= 15 is 0 Å². The van der Waals surface area contributed by atoms with E-state index in [1.165, 1.54) is 6.26 Å². The zero-order valence-electron chi connectivity index (χ0n) is 17.4. The molecule has 29 heavy (non-hydrogen) atoms. The van der Waals surface area contributed by atoms with Crippen molar-refractivity contribution in [3.8, 4) is 17.1 Å². The first-order chi connectivity index (χ1) is 13.7. The Hall–Kier alpha value is -2.45. The van der Waals surface area contributed by atoms with Gasteiger partial charge in [-0.05, 0) is 51.0 Å². The Kier molecular flexibility index (Phi) is 5.95. The van der Waals surface area contributed by atoms with Crippen LogP contribution in [0.25, 0.3) is 22.3 Å². The quantitative estimate of drug-likeness (QED) is 0.634. The van der Waals surface area contributed by atoms with Gasteiger partial charge >= 0.3 is 0 Å². The first-order valence-corrected chi connectivity index (χ1v) is 11.6. The molecule has 7 nitrogen and oxygen atoms in total. The van der Waals surface area contributed by atoms with Gasteiger partial charge in [-0.15, -0.1) is 0 Å². The van der Waals surface area contributed by atoms with E-state index in [4.69, 9.17) is 9.72 Å². The fourth-order valence-corrected chi connectivity index (χ4v) is 4.17. The largest absolute Gasteiger partial charge is 0.477 e. The highest BCUT2D eigenvalue weighted by molar-refractivity contribution is 7.90. The molecule has 0 fully saturated rings. The van der Waals surface area contributed by atoms with E-state index in [2.05, 4.69) is 4.98 Å². The molecule has 156 valence electrons. The molecule has 0 amide bonds. The van der Waals surface area contributed by atoms with Crippen molar-refractivity contribution in [2.45, 2.75) is 45.1 Å². The molecule has 0 aromatic carbocycles. The number of ether oxygens (including phenoxy) is 1. The van der Waals surface area contributed by atoms with Crippen LogP contribution >= 0.6 is 0 Å². The second-order valence-corrected chi connectivity index (χ2v) is 9.15. The first-order valence-electron chi connectivity index (χ1n) is 9.67. The number of rotatable bonds is 7. The van der Waals surface area contributed by atoms with E-state index in [1.807, 2.05) is 50.6 Å². The molecule has 0 spiro atoms. The van der Waals surface area contributed by atoms with Crippen LogP contribution in [-0.4, -0.2) is 47.5 Å². The molecule has 1 N–H and O–H groups in total. The predicted molar refractivity (Wildman–Crippen MR) is 113 cm³/mol. The standard InChI is InChI=1S/C21H27N3O4S/c1-6-15-8-9-16(21(22-15)28-7-2)20-18(29(5,26)27)10-17-19(23-20)13(3)11-24(17)14(4)12-25/h8-11,14,25H,6-7,12H2,1-5H3/t14-/m1/s1. The van der Waals surface area contributed by atoms with Crippen molar-refractivity contribution < 1.29 is 18.3 Å². The molecule has 0 aliphatic carbocycles. The van der Waals surface area contributed by atoms with Gasteiger partial charge in [0, 0.05) is 18.1 Å². The monoisotopic (exact) mass is 417 g/mol. The molecule has 0 radical (unpaired) electrons. The van der Waals surface area contributed by atoms with Crippen LogP contribution in [0.4, 0.5) is 0 Å². The molecule has 3 aromatic rings. The van der Waals surface area contributed by atoms with Gasteiger partial charge in [0.2, 0.25) is 5.88 Å². The topological polar surface area (TPSA) is 94.3 Å². The number of aryl methyl sites for hydroxylation is 2. The Bertz CT molecular complexity index is 1150. The minimum absolute atomic E-state index is 0.0595. The molecule has 3 rings (SSSR count). The minimum atomic E-state index is -3.58. The van der Waals surface area contributed by atoms with Crippen molar-refractivity contribution in [1.29, 1.82) is 0 Å². The van der Waals surface area contributed by atoms with E-state index in [9.17, 15) is 13.5 Å². The summed E-state index contributed by atoms with van der Waals surface area (Å²) in [5.41, 5.74) is 4.00. The lowest BCUT2D eigenvalue weighted by atomic mass is 10.1. The zero-order chi connectivity index (χ0) is 21.3. The molecule has 8 heteroatoms. The number of pyridine rings is 2. The Morgan fingerprint density at radius 1 is 1.24 bits per heavy atom. The van der Waals surface area contributed by atoms with E-state index in [0.29, 0.717) is 34.8 Å². The van der Waals surface area contributed by atoms with Crippen molar-refractivity contribution in [2.75, 3.05) is 19.5 Å². The number of fused-ring (bicyclic) bond motifs is 1. The van der Waals surface area contributed by atoms with Gasteiger partial charge in [0.25, 0.3) is 0 Å². The number of hydrogen-bond donors (Lipinski definition) is 1. The van der Waals surface area contributed by atoms with E-state index in [0.717, 1.165) is 17.7 Å². The summed E-state index contributed by atoms with van der Waals surface area (Å²) in [6.07, 6.45) is 3.80. The summed E-state index contributed by atoms with van der Waals surface area (Å²) in [5.74, 6) is 0.379. The normalized spacial score (nSPS) is 13.0. The van der Waals surface area contributed by atoms with Gasteiger partial charge in [0.15, 0.2) is 9.84 Å². The molecule has 0 aliphatic heterocycles. The van der Waals surface area contributed by atoms with Crippen molar-refractivity contribution >= 4 is 20.9 Å². The number of sulfone groups is 1. The molecule has 0 aliphatic rings. The van der Waals surface area contributed by atoms with Crippen molar-refractivity contribution in [1.82, 2.24) is 14.5 Å². The maximum Gasteiger partial charge on any atom is 0.223 e. The predicted octanol–water partition coefficient (Wildman–Crippen LogP) is 3.32. The third-order valence-electron chi connectivity index (χ3n) is 4.91.